The van der Waals surface area contributed by atoms with E-state index in [0.29, 0.717) is 57.6 Å². The highest BCUT2D eigenvalue weighted by Gasteiger charge is 2.37. The lowest BCUT2D eigenvalue weighted by molar-refractivity contribution is 0.256. The van der Waals surface area contributed by atoms with Crippen LogP contribution in [-0.4, -0.2) is 46.6 Å². The molecular formula is C72H64B2N6O2S. The average Bonchev–Trinajstić information content (AvgIpc) is 1.93. The van der Waals surface area contributed by atoms with Gasteiger partial charge in [-0.2, -0.15) is 10.5 Å². The molecule has 0 radical (unpaired) electrons. The van der Waals surface area contributed by atoms with Gasteiger partial charge in [-0.3, -0.25) is 4.99 Å². The van der Waals surface area contributed by atoms with Crippen LogP contribution in [0.2, 0.25) is 0 Å². The Balaban J connectivity index is 1.46. The summed E-state index contributed by atoms with van der Waals surface area (Å²) in [5.41, 5.74) is 11.2. The Morgan fingerprint density at radius 1 is 0.542 bits per heavy atom. The van der Waals surface area contributed by atoms with Crippen LogP contribution in [0.4, 0.5) is 5.69 Å². The van der Waals surface area contributed by atoms with E-state index in [1.165, 1.54) is 11.3 Å². The molecule has 0 aliphatic heterocycles. The first kappa shape index (κ1) is 55.5. The van der Waals surface area contributed by atoms with Gasteiger partial charge in [0.2, 0.25) is 0 Å². The van der Waals surface area contributed by atoms with Gasteiger partial charge >= 0.3 is 13.7 Å². The second-order valence-corrected chi connectivity index (χ2v) is 22.5. The van der Waals surface area contributed by atoms with Crippen molar-refractivity contribution in [2.75, 3.05) is 13.2 Å². The summed E-state index contributed by atoms with van der Waals surface area (Å²) in [6.07, 6.45) is 1.98. The molecule has 0 saturated carbocycles. The van der Waals surface area contributed by atoms with E-state index in [0.717, 1.165) is 101 Å². The minimum atomic E-state index is -0.525. The largest absolute Gasteiger partial charge is 0.493 e. The smallest absolute Gasteiger partial charge is 0.328 e. The summed E-state index contributed by atoms with van der Waals surface area (Å²) < 4.78 is 18.7. The lowest BCUT2D eigenvalue weighted by atomic mass is 9.50. The van der Waals surface area contributed by atoms with E-state index < -0.39 is 13.7 Å². The van der Waals surface area contributed by atoms with Gasteiger partial charge in [0.15, 0.2) is 0 Å². The highest BCUT2D eigenvalue weighted by atomic mass is 32.1. The van der Waals surface area contributed by atoms with E-state index in [1.54, 1.807) is 0 Å². The Morgan fingerprint density at radius 2 is 0.964 bits per heavy atom. The number of nitriles is 2. The molecule has 0 saturated heterocycles. The maximum Gasteiger partial charge on any atom is 0.328 e. The van der Waals surface area contributed by atoms with Crippen molar-refractivity contribution in [1.29, 1.82) is 10.5 Å². The molecule has 11 heteroatoms. The molecular weight excluding hydrogens is 1030 g/mol. The molecule has 3 heterocycles. The van der Waals surface area contributed by atoms with Gasteiger partial charge in [0.1, 0.15) is 34.2 Å². The molecule has 0 aliphatic rings. The predicted octanol–water partition coefficient (Wildman–Crippen LogP) is 13.0. The summed E-state index contributed by atoms with van der Waals surface area (Å²) >= 11 is 1.50. The number of nitrogens with zero attached hydrogens (tertiary/aromatic N) is 6. The van der Waals surface area contributed by atoms with Crippen molar-refractivity contribution in [2.45, 2.75) is 54.4 Å². The lowest BCUT2D eigenvalue weighted by Crippen LogP contribution is -2.54. The van der Waals surface area contributed by atoms with E-state index in [9.17, 15) is 10.5 Å². The SMILES string of the molecule is CCC(C)COc1ccc(-c2c3/c(=C(C#N)/C(C)=N/c4ccccc4C)n(B(c4ccccc4)c4ccccc4)c(-c4ccc(OCC(C)CC)cc4)c3/c(=C(\C#N)c3nc4ccccc4s3)n2B(c2ccccc2)c2ccccc2)cc1. The zero-order valence-electron chi connectivity index (χ0n) is 47.8. The molecule has 0 bridgehead atoms. The quantitative estimate of drug-likeness (QED) is 0.0593. The third-order valence-corrected chi connectivity index (χ3v) is 16.9. The Labute approximate surface area is 491 Å². The molecule has 83 heavy (non-hydrogen) atoms. The zero-order valence-corrected chi connectivity index (χ0v) is 48.6. The maximum atomic E-state index is 12.4. The molecule has 11 aromatic rings. The van der Waals surface area contributed by atoms with Crippen molar-refractivity contribution in [2.24, 2.45) is 16.8 Å². The molecule has 0 spiro atoms. The van der Waals surface area contributed by atoms with Crippen LogP contribution in [0.5, 0.6) is 11.5 Å². The predicted molar refractivity (Wildman–Crippen MR) is 347 cm³/mol. The highest BCUT2D eigenvalue weighted by molar-refractivity contribution is 7.19. The fourth-order valence-electron chi connectivity index (χ4n) is 11.0. The average molecular weight is 1100 g/mol. The number of aliphatic imine (C=N–C) groups is 1. The van der Waals surface area contributed by atoms with Crippen LogP contribution in [0.1, 0.15) is 58.0 Å². The second-order valence-electron chi connectivity index (χ2n) is 21.5. The van der Waals surface area contributed by atoms with Crippen molar-refractivity contribution in [1.82, 2.24) is 13.9 Å². The standard InChI is InChI=1S/C72H64B2N6O2S/c1-7-49(3)47-81-59-41-37-53(38-42-59)68-66-67(71(62(46-76)72-78-64-35-23-24-36-65(64)83-72)80(68)74(57-30-17-11-18-31-57)58-32-19-12-20-33-58)69(54-39-43-60(44-40-54)82-48-50(4)8-2)79(73(55-26-13-9-14-27-55)56-28-15-10-16-29-56)70(66)61(45-75)52(6)77-63-34-22-21-25-51(63)5/h9-44,49-50H,7-8,47-48H2,1-6H3/b70-61-,71-62-,77-52+. The first-order valence-corrected chi connectivity index (χ1v) is 29.5. The summed E-state index contributed by atoms with van der Waals surface area (Å²) in [6.45, 7) is 12.9. The van der Waals surface area contributed by atoms with Gasteiger partial charge in [0.05, 0.1) is 51.1 Å². The number of thiazole rings is 1. The summed E-state index contributed by atoms with van der Waals surface area (Å²) in [5.74, 6) is 2.22. The van der Waals surface area contributed by atoms with Crippen LogP contribution in [0.15, 0.2) is 223 Å². The number of fused-ring (bicyclic) bond motifs is 2. The van der Waals surface area contributed by atoms with Gasteiger partial charge < -0.3 is 18.4 Å². The number of hydrogen-bond donors (Lipinski definition) is 0. The van der Waals surface area contributed by atoms with Gasteiger partial charge in [0, 0.05) is 22.2 Å². The monoisotopic (exact) mass is 1100 g/mol. The van der Waals surface area contributed by atoms with Crippen LogP contribution in [0.25, 0.3) is 54.7 Å². The molecule has 3 aromatic heterocycles. The van der Waals surface area contributed by atoms with Crippen LogP contribution in [0.3, 0.4) is 0 Å². The van der Waals surface area contributed by atoms with Crippen LogP contribution >= 0.6 is 11.3 Å². The lowest BCUT2D eigenvalue weighted by Gasteiger charge is -2.24. The van der Waals surface area contributed by atoms with E-state index >= 15 is 0 Å². The molecule has 0 aliphatic carbocycles. The summed E-state index contributed by atoms with van der Waals surface area (Å²) in [4.78, 5) is 10.7. The highest BCUT2D eigenvalue weighted by Crippen LogP contribution is 2.38. The van der Waals surface area contributed by atoms with Gasteiger partial charge in [0.25, 0.3) is 0 Å². The Bertz CT molecular complexity index is 4150. The molecule has 8 aromatic carbocycles. The first-order chi connectivity index (χ1) is 40.7. The summed E-state index contributed by atoms with van der Waals surface area (Å²) in [6, 6.07) is 80.6. The van der Waals surface area contributed by atoms with Gasteiger partial charge in [-0.1, -0.05) is 214 Å². The first-order valence-electron chi connectivity index (χ1n) is 28.7. The molecule has 8 nitrogen and oxygen atoms in total. The number of ether oxygens (including phenoxy) is 2. The molecule has 2 unspecified atom stereocenters. The number of rotatable bonds is 19. The number of aromatic nitrogens is 3. The van der Waals surface area contributed by atoms with Crippen molar-refractivity contribution >= 4 is 90.4 Å². The molecule has 0 fully saturated rings. The second kappa shape index (κ2) is 25.2. The maximum absolute atomic E-state index is 12.4. The van der Waals surface area contributed by atoms with Crippen LogP contribution in [0, 0.1) is 41.4 Å². The van der Waals surface area contributed by atoms with E-state index in [4.69, 9.17) is 19.5 Å². The minimum absolute atomic E-state index is 0.363. The topological polar surface area (TPSA) is 101 Å². The van der Waals surface area contributed by atoms with Crippen molar-refractivity contribution in [3.63, 3.8) is 0 Å². The Kier molecular flexibility index (Phi) is 16.8. The number of hydrogen-bond acceptors (Lipinski definition) is 7. The molecule has 406 valence electrons. The molecule has 0 N–H and O–H groups in total. The Morgan fingerprint density at radius 3 is 1.40 bits per heavy atom. The van der Waals surface area contributed by atoms with E-state index in [-0.39, 0.29) is 0 Å². The zero-order chi connectivity index (χ0) is 57.4. The molecule has 11 rings (SSSR count). The fraction of sp³-hybridized carbons (Fsp3) is 0.167. The number of benzene rings is 8. The van der Waals surface area contributed by atoms with Crippen LogP contribution < -0.4 is 42.0 Å². The van der Waals surface area contributed by atoms with Crippen molar-refractivity contribution in [3.8, 4) is 46.2 Å². The molecule has 0 amide bonds. The normalized spacial score (nSPS) is 13.0. The van der Waals surface area contributed by atoms with Gasteiger partial charge in [-0.15, -0.1) is 11.3 Å². The third-order valence-electron chi connectivity index (χ3n) is 15.8. The number of para-hydroxylation sites is 2. The fourth-order valence-corrected chi connectivity index (χ4v) is 12.0. The number of aryl methyl sites for hydroxylation is 1. The summed E-state index contributed by atoms with van der Waals surface area (Å²) in [7, 11) is 0. The van der Waals surface area contributed by atoms with Crippen LogP contribution in [-0.2, 0) is 0 Å². The summed E-state index contributed by atoms with van der Waals surface area (Å²) in [5, 5.41) is 28.1. The third kappa shape index (κ3) is 11.3. The van der Waals surface area contributed by atoms with Crippen molar-refractivity contribution in [3.05, 3.63) is 240 Å². The van der Waals surface area contributed by atoms with Crippen molar-refractivity contribution < 1.29 is 9.47 Å². The minimum Gasteiger partial charge on any atom is -0.493 e. The van der Waals surface area contributed by atoms with Gasteiger partial charge in [-0.05, 0) is 109 Å². The Hall–Kier alpha value is -9.41. The molecule has 2 atom stereocenters. The van der Waals surface area contributed by atoms with E-state index in [2.05, 4.69) is 200 Å². The van der Waals surface area contributed by atoms with Gasteiger partial charge in [-0.25, -0.2) is 4.98 Å². The van der Waals surface area contributed by atoms with E-state index in [1.807, 2.05) is 80.6 Å².